The number of hydrogen-bond acceptors (Lipinski definition) is 4. The summed E-state index contributed by atoms with van der Waals surface area (Å²) in [4.78, 5) is 16.5. The number of benzene rings is 2. The van der Waals surface area contributed by atoms with Gasteiger partial charge in [-0.1, -0.05) is 29.8 Å². The number of nitrogens with one attached hydrogen (secondary N) is 2. The Morgan fingerprint density at radius 2 is 1.93 bits per heavy atom. The normalized spacial score (nSPS) is 10.1. The molecule has 1 aromatic heterocycles. The first kappa shape index (κ1) is 18.4. The van der Waals surface area contributed by atoms with Gasteiger partial charge in [-0.05, 0) is 54.4 Å². The molecule has 134 valence electrons. The highest BCUT2D eigenvalue weighted by molar-refractivity contribution is 6.30. The van der Waals surface area contributed by atoms with Crippen molar-refractivity contribution >= 4 is 29.0 Å². The maximum absolute atomic E-state index is 12.2. The summed E-state index contributed by atoms with van der Waals surface area (Å²) < 4.78 is 0. The van der Waals surface area contributed by atoms with Crippen LogP contribution in [0.5, 0.6) is 0 Å². The zero-order valence-corrected chi connectivity index (χ0v) is 15.2. The highest BCUT2D eigenvalue weighted by atomic mass is 35.5. The van der Waals surface area contributed by atoms with Crippen LogP contribution in [0.1, 0.15) is 21.5 Å². The van der Waals surface area contributed by atoms with E-state index in [1.807, 2.05) is 30.3 Å². The van der Waals surface area contributed by atoms with Crippen LogP contribution in [-0.2, 0) is 6.42 Å². The zero-order valence-electron chi connectivity index (χ0n) is 14.4. The third kappa shape index (κ3) is 5.30. The molecular weight excluding hydrogens is 360 g/mol. The van der Waals surface area contributed by atoms with Crippen LogP contribution in [0.15, 0.2) is 66.9 Å². The van der Waals surface area contributed by atoms with Crippen molar-refractivity contribution in [3.63, 3.8) is 0 Å². The average molecular weight is 377 g/mol. The molecule has 27 heavy (non-hydrogen) atoms. The molecule has 0 aliphatic carbocycles. The zero-order chi connectivity index (χ0) is 19.1. The van der Waals surface area contributed by atoms with Gasteiger partial charge in [0.1, 0.15) is 5.82 Å². The summed E-state index contributed by atoms with van der Waals surface area (Å²) in [5.41, 5.74) is 2.93. The number of amides is 1. The lowest BCUT2D eigenvalue weighted by Crippen LogP contribution is -2.25. The summed E-state index contributed by atoms with van der Waals surface area (Å²) in [6.45, 7) is 0.529. The van der Waals surface area contributed by atoms with Gasteiger partial charge in [0.15, 0.2) is 0 Å². The number of carbonyl (C=O) groups excluding carboxylic acids is 1. The minimum absolute atomic E-state index is 0.172. The highest BCUT2D eigenvalue weighted by Crippen LogP contribution is 2.16. The van der Waals surface area contributed by atoms with Gasteiger partial charge in [-0.15, -0.1) is 0 Å². The summed E-state index contributed by atoms with van der Waals surface area (Å²) in [5, 5.41) is 15.6. The number of nitrogens with zero attached hydrogens (tertiary/aromatic N) is 2. The number of halogens is 1. The van der Waals surface area contributed by atoms with Gasteiger partial charge in [-0.3, -0.25) is 4.79 Å². The fourth-order valence-electron chi connectivity index (χ4n) is 2.49. The van der Waals surface area contributed by atoms with Gasteiger partial charge in [0.05, 0.1) is 17.2 Å². The van der Waals surface area contributed by atoms with Crippen molar-refractivity contribution in [3.8, 4) is 6.07 Å². The number of aromatic nitrogens is 1. The summed E-state index contributed by atoms with van der Waals surface area (Å²) in [7, 11) is 0. The molecule has 0 aliphatic heterocycles. The van der Waals surface area contributed by atoms with Crippen LogP contribution in [0, 0.1) is 11.3 Å². The smallest absolute Gasteiger partial charge is 0.252 e. The molecule has 3 aromatic rings. The molecule has 0 saturated carbocycles. The van der Waals surface area contributed by atoms with Crippen molar-refractivity contribution in [1.29, 1.82) is 5.26 Å². The molecule has 0 atom stereocenters. The Hall–Kier alpha value is -3.36. The van der Waals surface area contributed by atoms with E-state index in [0.717, 1.165) is 17.7 Å². The van der Waals surface area contributed by atoms with E-state index in [1.54, 1.807) is 30.3 Å². The molecule has 6 heteroatoms. The predicted molar refractivity (Wildman–Crippen MR) is 106 cm³/mol. The molecule has 2 aromatic carbocycles. The van der Waals surface area contributed by atoms with E-state index in [4.69, 9.17) is 16.9 Å². The van der Waals surface area contributed by atoms with Crippen molar-refractivity contribution in [2.75, 3.05) is 11.9 Å². The second-order valence-corrected chi connectivity index (χ2v) is 6.32. The van der Waals surface area contributed by atoms with E-state index >= 15 is 0 Å². The van der Waals surface area contributed by atoms with Crippen molar-refractivity contribution in [1.82, 2.24) is 10.3 Å². The lowest BCUT2D eigenvalue weighted by molar-refractivity contribution is 0.0954. The van der Waals surface area contributed by atoms with Crippen LogP contribution >= 0.6 is 11.6 Å². The minimum Gasteiger partial charge on any atom is -0.352 e. The fraction of sp³-hybridized carbons (Fsp3) is 0.0952. The fourth-order valence-corrected chi connectivity index (χ4v) is 2.62. The van der Waals surface area contributed by atoms with Crippen LogP contribution in [0.4, 0.5) is 11.5 Å². The third-order valence-electron chi connectivity index (χ3n) is 3.90. The van der Waals surface area contributed by atoms with Gasteiger partial charge in [0, 0.05) is 23.5 Å². The monoisotopic (exact) mass is 376 g/mol. The van der Waals surface area contributed by atoms with E-state index in [9.17, 15) is 4.79 Å². The Balaban J connectivity index is 1.53. The van der Waals surface area contributed by atoms with Crippen LogP contribution < -0.4 is 10.6 Å². The van der Waals surface area contributed by atoms with Crippen LogP contribution in [0.2, 0.25) is 5.02 Å². The number of nitriles is 1. The Morgan fingerprint density at radius 1 is 1.11 bits per heavy atom. The van der Waals surface area contributed by atoms with E-state index in [2.05, 4.69) is 21.7 Å². The van der Waals surface area contributed by atoms with Crippen LogP contribution in [-0.4, -0.2) is 17.4 Å². The standard InChI is InChI=1S/C21H17ClN4O/c22-18-7-4-15(5-8-18)10-11-24-21(27)17-6-9-20(25-14-17)26-19-3-1-2-16(12-19)13-23/h1-9,12,14H,10-11H2,(H,24,27)(H,25,26). The molecule has 5 nitrogen and oxygen atoms in total. The van der Waals surface area contributed by atoms with Gasteiger partial charge in [-0.25, -0.2) is 4.98 Å². The van der Waals surface area contributed by atoms with Crippen molar-refractivity contribution in [2.24, 2.45) is 0 Å². The molecule has 0 saturated heterocycles. The quantitative estimate of drug-likeness (QED) is 0.671. The lowest BCUT2D eigenvalue weighted by atomic mass is 10.1. The average Bonchev–Trinajstić information content (AvgIpc) is 2.70. The van der Waals surface area contributed by atoms with Crippen molar-refractivity contribution in [2.45, 2.75) is 6.42 Å². The van der Waals surface area contributed by atoms with E-state index < -0.39 is 0 Å². The molecule has 1 heterocycles. The summed E-state index contributed by atoms with van der Waals surface area (Å²) in [6.07, 6.45) is 2.25. The van der Waals surface area contributed by atoms with Crippen LogP contribution in [0.3, 0.4) is 0 Å². The molecule has 0 radical (unpaired) electrons. The molecule has 0 fully saturated rings. The number of hydrogen-bond donors (Lipinski definition) is 2. The van der Waals surface area contributed by atoms with Gasteiger partial charge in [-0.2, -0.15) is 5.26 Å². The van der Waals surface area contributed by atoms with E-state index in [-0.39, 0.29) is 5.91 Å². The Labute approximate surface area is 162 Å². The summed E-state index contributed by atoms with van der Waals surface area (Å²) >= 11 is 5.86. The van der Waals surface area contributed by atoms with E-state index in [0.29, 0.717) is 28.5 Å². The van der Waals surface area contributed by atoms with Gasteiger partial charge in [0.2, 0.25) is 0 Å². The Morgan fingerprint density at radius 3 is 2.63 bits per heavy atom. The lowest BCUT2D eigenvalue weighted by Gasteiger charge is -2.08. The van der Waals surface area contributed by atoms with Gasteiger partial charge in [0.25, 0.3) is 5.91 Å². The second kappa shape index (κ2) is 8.84. The van der Waals surface area contributed by atoms with Gasteiger partial charge < -0.3 is 10.6 Å². The third-order valence-corrected chi connectivity index (χ3v) is 4.15. The maximum Gasteiger partial charge on any atom is 0.252 e. The molecule has 0 bridgehead atoms. The first-order valence-electron chi connectivity index (χ1n) is 8.40. The molecular formula is C21H17ClN4O. The maximum atomic E-state index is 12.2. The molecule has 3 rings (SSSR count). The Bertz CT molecular complexity index is 963. The first-order chi connectivity index (χ1) is 13.1. The molecule has 0 aliphatic rings. The summed E-state index contributed by atoms with van der Waals surface area (Å²) in [5.74, 6) is 0.428. The number of rotatable bonds is 6. The molecule has 2 N–H and O–H groups in total. The number of pyridine rings is 1. The van der Waals surface area contributed by atoms with Crippen molar-refractivity contribution in [3.05, 3.63) is 88.6 Å². The van der Waals surface area contributed by atoms with E-state index in [1.165, 1.54) is 6.20 Å². The summed E-state index contributed by atoms with van der Waals surface area (Å²) in [6, 6.07) is 20.2. The van der Waals surface area contributed by atoms with Crippen molar-refractivity contribution < 1.29 is 4.79 Å². The topological polar surface area (TPSA) is 77.8 Å². The second-order valence-electron chi connectivity index (χ2n) is 5.88. The number of carbonyl (C=O) groups is 1. The van der Waals surface area contributed by atoms with Gasteiger partial charge >= 0.3 is 0 Å². The molecule has 0 unspecified atom stereocenters. The van der Waals surface area contributed by atoms with Crippen LogP contribution in [0.25, 0.3) is 0 Å². The predicted octanol–water partition coefficient (Wildman–Crippen LogP) is 4.32. The SMILES string of the molecule is N#Cc1cccc(Nc2ccc(C(=O)NCCc3ccc(Cl)cc3)cn2)c1. The molecule has 0 spiro atoms. The highest BCUT2D eigenvalue weighted by Gasteiger charge is 2.06. The molecule has 1 amide bonds. The number of anilines is 2. The largest absolute Gasteiger partial charge is 0.352 e. The minimum atomic E-state index is -0.172. The Kier molecular flexibility index (Phi) is 6.03. The first-order valence-corrected chi connectivity index (χ1v) is 8.78.